The molecule has 0 aliphatic heterocycles. The summed E-state index contributed by atoms with van der Waals surface area (Å²) in [5, 5.41) is 1.65. The fourth-order valence-electron chi connectivity index (χ4n) is 5.42. The summed E-state index contributed by atoms with van der Waals surface area (Å²) in [6.45, 7) is 4.43. The lowest BCUT2D eigenvalue weighted by Crippen LogP contribution is -2.15. The van der Waals surface area contributed by atoms with Gasteiger partial charge in [0.1, 0.15) is 5.82 Å². The first-order valence-electron chi connectivity index (χ1n) is 13.5. The SMILES string of the molecule is CCCCCC1CCC(CCc2ccc3c(F)c(C#Cc4ccc(CC)cc4)ccc3c2)CC1. The van der Waals surface area contributed by atoms with E-state index in [4.69, 9.17) is 0 Å². The van der Waals surface area contributed by atoms with E-state index in [9.17, 15) is 0 Å². The summed E-state index contributed by atoms with van der Waals surface area (Å²) in [7, 11) is 0. The summed E-state index contributed by atoms with van der Waals surface area (Å²) in [6, 6.07) is 18.3. The van der Waals surface area contributed by atoms with Gasteiger partial charge in [-0.3, -0.25) is 0 Å². The molecule has 0 saturated heterocycles. The minimum Gasteiger partial charge on any atom is -0.205 e. The molecule has 0 radical (unpaired) electrons. The summed E-state index contributed by atoms with van der Waals surface area (Å²) in [4.78, 5) is 0. The second kappa shape index (κ2) is 12.2. The molecular formula is C33H39F. The largest absolute Gasteiger partial charge is 0.205 e. The van der Waals surface area contributed by atoms with E-state index in [1.54, 1.807) is 0 Å². The quantitative estimate of drug-likeness (QED) is 0.235. The molecule has 1 fully saturated rings. The second-order valence-corrected chi connectivity index (χ2v) is 10.2. The predicted molar refractivity (Wildman–Crippen MR) is 144 cm³/mol. The van der Waals surface area contributed by atoms with Crippen molar-refractivity contribution in [2.45, 2.75) is 84.5 Å². The fourth-order valence-corrected chi connectivity index (χ4v) is 5.42. The van der Waals surface area contributed by atoms with Crippen LogP contribution < -0.4 is 0 Å². The van der Waals surface area contributed by atoms with Gasteiger partial charge in [0.25, 0.3) is 0 Å². The van der Waals surface area contributed by atoms with Crippen molar-refractivity contribution in [2.24, 2.45) is 11.8 Å². The highest BCUT2D eigenvalue weighted by Gasteiger charge is 2.20. The van der Waals surface area contributed by atoms with Gasteiger partial charge in [-0.15, -0.1) is 0 Å². The van der Waals surface area contributed by atoms with E-state index in [0.717, 1.165) is 35.6 Å². The molecule has 0 nitrogen and oxygen atoms in total. The molecule has 1 aliphatic rings. The fraction of sp³-hybridized carbons (Fsp3) is 0.455. The zero-order chi connectivity index (χ0) is 23.8. The normalized spacial score (nSPS) is 18.0. The Hall–Kier alpha value is -2.59. The monoisotopic (exact) mass is 454 g/mol. The molecule has 3 aromatic rings. The molecule has 0 spiro atoms. The van der Waals surface area contributed by atoms with E-state index in [-0.39, 0.29) is 5.82 Å². The Balaban J connectivity index is 1.35. The van der Waals surface area contributed by atoms with Crippen LogP contribution in [-0.2, 0) is 12.8 Å². The third kappa shape index (κ3) is 6.50. The van der Waals surface area contributed by atoms with Crippen LogP contribution in [0.25, 0.3) is 10.8 Å². The van der Waals surface area contributed by atoms with Gasteiger partial charge in [0.15, 0.2) is 0 Å². The predicted octanol–water partition coefficient (Wildman–Crippen LogP) is 9.26. The summed E-state index contributed by atoms with van der Waals surface area (Å²) in [5.74, 6) is 7.78. The Bertz CT molecular complexity index is 1120. The van der Waals surface area contributed by atoms with E-state index in [2.05, 4.69) is 50.0 Å². The Morgan fingerprint density at radius 3 is 2.18 bits per heavy atom. The lowest BCUT2D eigenvalue weighted by molar-refractivity contribution is 0.249. The topological polar surface area (TPSA) is 0 Å². The smallest absolute Gasteiger partial charge is 0.146 e. The van der Waals surface area contributed by atoms with Crippen molar-refractivity contribution in [3.8, 4) is 11.8 Å². The zero-order valence-corrected chi connectivity index (χ0v) is 21.0. The maximum absolute atomic E-state index is 15.1. The first kappa shape index (κ1) is 24.5. The van der Waals surface area contributed by atoms with Gasteiger partial charge in [-0.05, 0) is 65.8 Å². The number of halogens is 1. The Morgan fingerprint density at radius 2 is 1.47 bits per heavy atom. The number of hydrogen-bond donors (Lipinski definition) is 0. The maximum atomic E-state index is 15.1. The van der Waals surface area contributed by atoms with Gasteiger partial charge < -0.3 is 0 Å². The number of rotatable bonds is 8. The molecule has 0 atom stereocenters. The molecule has 3 aromatic carbocycles. The molecular weight excluding hydrogens is 415 g/mol. The Morgan fingerprint density at radius 1 is 0.765 bits per heavy atom. The number of fused-ring (bicyclic) bond motifs is 1. The molecule has 0 unspecified atom stereocenters. The van der Waals surface area contributed by atoms with Gasteiger partial charge in [0.05, 0.1) is 5.56 Å². The van der Waals surface area contributed by atoms with Gasteiger partial charge in [0, 0.05) is 10.9 Å². The van der Waals surface area contributed by atoms with E-state index in [1.165, 1.54) is 68.9 Å². The summed E-state index contributed by atoms with van der Waals surface area (Å²) in [5.41, 5.74) is 4.00. The molecule has 178 valence electrons. The average Bonchev–Trinajstić information content (AvgIpc) is 2.88. The van der Waals surface area contributed by atoms with Crippen molar-refractivity contribution < 1.29 is 4.39 Å². The van der Waals surface area contributed by atoms with E-state index < -0.39 is 0 Å². The van der Waals surface area contributed by atoms with Crippen molar-refractivity contribution in [3.63, 3.8) is 0 Å². The Kier molecular flexibility index (Phi) is 8.81. The van der Waals surface area contributed by atoms with Gasteiger partial charge in [0.2, 0.25) is 0 Å². The van der Waals surface area contributed by atoms with Crippen molar-refractivity contribution >= 4 is 10.8 Å². The number of unbranched alkanes of at least 4 members (excludes halogenated alkanes) is 2. The van der Waals surface area contributed by atoms with E-state index in [0.29, 0.717) is 10.9 Å². The van der Waals surface area contributed by atoms with Gasteiger partial charge in [-0.25, -0.2) is 4.39 Å². The molecule has 0 aromatic heterocycles. The van der Waals surface area contributed by atoms with Crippen LogP contribution in [0, 0.1) is 29.5 Å². The third-order valence-corrected chi connectivity index (χ3v) is 7.75. The lowest BCUT2D eigenvalue weighted by atomic mass is 9.77. The average molecular weight is 455 g/mol. The van der Waals surface area contributed by atoms with Crippen LogP contribution in [0.3, 0.4) is 0 Å². The molecule has 1 heteroatoms. The van der Waals surface area contributed by atoms with Gasteiger partial charge >= 0.3 is 0 Å². The first-order valence-corrected chi connectivity index (χ1v) is 13.5. The maximum Gasteiger partial charge on any atom is 0.146 e. The second-order valence-electron chi connectivity index (χ2n) is 10.2. The van der Waals surface area contributed by atoms with Crippen LogP contribution in [0.4, 0.5) is 4.39 Å². The highest BCUT2D eigenvalue weighted by Crippen LogP contribution is 2.34. The summed E-state index contributed by atoms with van der Waals surface area (Å²) in [6.07, 6.45) is 14.6. The molecule has 1 aliphatic carbocycles. The number of benzene rings is 3. The van der Waals surface area contributed by atoms with Crippen LogP contribution >= 0.6 is 0 Å². The van der Waals surface area contributed by atoms with Crippen LogP contribution in [0.1, 0.15) is 93.9 Å². The molecule has 0 amide bonds. The Labute approximate surface area is 206 Å². The van der Waals surface area contributed by atoms with Crippen LogP contribution in [0.2, 0.25) is 0 Å². The van der Waals surface area contributed by atoms with Crippen molar-refractivity contribution in [3.05, 3.63) is 82.7 Å². The highest BCUT2D eigenvalue weighted by molar-refractivity contribution is 5.85. The molecule has 0 bridgehead atoms. The molecule has 4 rings (SSSR count). The van der Waals surface area contributed by atoms with Crippen molar-refractivity contribution in [1.82, 2.24) is 0 Å². The summed E-state index contributed by atoms with van der Waals surface area (Å²) < 4.78 is 15.1. The lowest BCUT2D eigenvalue weighted by Gasteiger charge is -2.28. The van der Waals surface area contributed by atoms with Crippen molar-refractivity contribution in [1.29, 1.82) is 0 Å². The zero-order valence-electron chi connectivity index (χ0n) is 21.0. The number of hydrogen-bond acceptors (Lipinski definition) is 0. The first-order chi connectivity index (χ1) is 16.7. The van der Waals surface area contributed by atoms with Crippen LogP contribution in [-0.4, -0.2) is 0 Å². The molecule has 0 heterocycles. The minimum atomic E-state index is -0.205. The van der Waals surface area contributed by atoms with Crippen molar-refractivity contribution in [2.75, 3.05) is 0 Å². The molecule has 0 N–H and O–H groups in total. The molecule has 1 saturated carbocycles. The number of aryl methyl sites for hydroxylation is 2. The highest BCUT2D eigenvalue weighted by atomic mass is 19.1. The van der Waals surface area contributed by atoms with E-state index >= 15 is 4.39 Å². The van der Waals surface area contributed by atoms with E-state index in [1.807, 2.05) is 30.3 Å². The standard InChI is InChI=1S/C33H39F/c1-3-5-6-7-26-12-14-27(15-13-26)16-17-29-19-23-32-31(24-29)22-21-30(33(32)34)20-18-28-10-8-25(4-2)9-11-28/h8-11,19,21-24,26-27H,3-7,12-17H2,1-2H3. The van der Waals surface area contributed by atoms with Crippen LogP contribution in [0.5, 0.6) is 0 Å². The molecule has 34 heavy (non-hydrogen) atoms. The van der Waals surface area contributed by atoms with Gasteiger partial charge in [-0.2, -0.15) is 0 Å². The summed E-state index contributed by atoms with van der Waals surface area (Å²) >= 11 is 0. The van der Waals surface area contributed by atoms with Crippen LogP contribution in [0.15, 0.2) is 54.6 Å². The van der Waals surface area contributed by atoms with Gasteiger partial charge in [-0.1, -0.05) is 113 Å². The minimum absolute atomic E-state index is 0.205. The third-order valence-electron chi connectivity index (χ3n) is 7.75.